The molecule has 3 aromatic rings. The van der Waals surface area contributed by atoms with Crippen molar-refractivity contribution in [2.45, 2.75) is 25.7 Å². The van der Waals surface area contributed by atoms with Crippen LogP contribution in [0.5, 0.6) is 0 Å². The number of fused-ring (bicyclic) bond motifs is 1. The quantitative estimate of drug-likeness (QED) is 0.629. The third-order valence-corrected chi connectivity index (χ3v) is 5.26. The Kier molecular flexibility index (Phi) is 4.77. The summed E-state index contributed by atoms with van der Waals surface area (Å²) in [6.07, 6.45) is -3.08. The van der Waals surface area contributed by atoms with Gasteiger partial charge >= 0.3 is 6.18 Å². The monoisotopic (exact) mass is 421 g/mol. The molecule has 0 saturated carbocycles. The molecule has 4 rings (SSSR count). The molecule has 0 radical (unpaired) electrons. The third kappa shape index (κ3) is 3.35. The van der Waals surface area contributed by atoms with Crippen LogP contribution in [0.2, 0.25) is 5.02 Å². The van der Waals surface area contributed by atoms with E-state index in [1.54, 1.807) is 31.3 Å². The summed E-state index contributed by atoms with van der Waals surface area (Å²) in [7, 11) is 0. The van der Waals surface area contributed by atoms with Gasteiger partial charge in [-0.3, -0.25) is 9.78 Å². The van der Waals surface area contributed by atoms with Gasteiger partial charge in [0.15, 0.2) is 5.82 Å². The minimum absolute atomic E-state index is 0.216. The van der Waals surface area contributed by atoms with Gasteiger partial charge in [-0.1, -0.05) is 23.7 Å². The summed E-state index contributed by atoms with van der Waals surface area (Å²) >= 11 is 5.99. The van der Waals surface area contributed by atoms with E-state index in [0.717, 1.165) is 6.07 Å². The van der Waals surface area contributed by atoms with E-state index in [-0.39, 0.29) is 12.1 Å². The minimum Gasteiger partial charge on any atom is -0.321 e. The summed E-state index contributed by atoms with van der Waals surface area (Å²) in [4.78, 5) is 19.1. The fourth-order valence-electron chi connectivity index (χ4n) is 3.47. The molecular formula is C19H15ClF3N5O. The van der Waals surface area contributed by atoms with E-state index >= 15 is 0 Å². The van der Waals surface area contributed by atoms with E-state index in [1.807, 2.05) is 4.57 Å². The van der Waals surface area contributed by atoms with Crippen molar-refractivity contribution < 1.29 is 18.0 Å². The molecule has 0 spiro atoms. The largest absolute Gasteiger partial charge is 0.417 e. The van der Waals surface area contributed by atoms with Gasteiger partial charge in [-0.25, -0.2) is 0 Å². The molecule has 0 bridgehead atoms. The van der Waals surface area contributed by atoms with Crippen LogP contribution in [0.25, 0.3) is 0 Å². The summed E-state index contributed by atoms with van der Waals surface area (Å²) < 4.78 is 41.6. The van der Waals surface area contributed by atoms with Crippen LogP contribution in [-0.2, 0) is 12.7 Å². The van der Waals surface area contributed by atoms with Crippen molar-refractivity contribution in [2.75, 3.05) is 6.54 Å². The van der Waals surface area contributed by atoms with Gasteiger partial charge in [0.05, 0.1) is 21.8 Å². The molecule has 0 aliphatic carbocycles. The Bertz CT molecular complexity index is 1070. The number of alkyl halides is 3. The van der Waals surface area contributed by atoms with Gasteiger partial charge in [-0.2, -0.15) is 13.2 Å². The normalized spacial score (nSPS) is 16.6. The number of aromatic nitrogens is 4. The van der Waals surface area contributed by atoms with Gasteiger partial charge in [0, 0.05) is 19.3 Å². The molecule has 0 fully saturated rings. The lowest BCUT2D eigenvalue weighted by Gasteiger charge is -2.35. The molecule has 10 heteroatoms. The highest BCUT2D eigenvalue weighted by Crippen LogP contribution is 2.38. The number of nitrogens with zero attached hydrogens (tertiary/aromatic N) is 5. The number of hydrogen-bond donors (Lipinski definition) is 0. The fraction of sp³-hybridized carbons (Fsp3) is 0.263. The van der Waals surface area contributed by atoms with Crippen molar-refractivity contribution in [3.8, 4) is 0 Å². The summed E-state index contributed by atoms with van der Waals surface area (Å²) in [5.74, 6) is 0.567. The number of rotatable bonds is 2. The maximum Gasteiger partial charge on any atom is 0.417 e. The Labute approximate surface area is 168 Å². The van der Waals surface area contributed by atoms with Gasteiger partial charge in [0.2, 0.25) is 0 Å². The lowest BCUT2D eigenvalue weighted by molar-refractivity contribution is -0.137. The molecule has 2 aromatic heterocycles. The molecule has 1 unspecified atom stereocenters. The van der Waals surface area contributed by atoms with Crippen molar-refractivity contribution in [1.82, 2.24) is 24.6 Å². The Hall–Kier alpha value is -2.94. The molecule has 1 aliphatic heterocycles. The first kappa shape index (κ1) is 19.4. The van der Waals surface area contributed by atoms with Crippen molar-refractivity contribution in [3.05, 3.63) is 76.1 Å². The van der Waals surface area contributed by atoms with Crippen molar-refractivity contribution in [2.24, 2.45) is 0 Å². The SMILES string of the molecule is Cc1nnc2n1CCN(C(=O)c1cccc(C(F)(F)F)c1Cl)C2c1ccccn1. The second-order valence-corrected chi connectivity index (χ2v) is 6.96. The fourth-order valence-corrected chi connectivity index (χ4v) is 3.79. The van der Waals surface area contributed by atoms with Crippen molar-refractivity contribution in [1.29, 1.82) is 0 Å². The Balaban J connectivity index is 1.81. The molecule has 0 saturated heterocycles. The number of halogens is 4. The first-order chi connectivity index (χ1) is 13.8. The second-order valence-electron chi connectivity index (χ2n) is 6.58. The summed E-state index contributed by atoms with van der Waals surface area (Å²) in [5.41, 5.74) is -0.722. The predicted octanol–water partition coefficient (Wildman–Crippen LogP) is 3.90. The lowest BCUT2D eigenvalue weighted by atomic mass is 10.0. The van der Waals surface area contributed by atoms with Crippen LogP contribution < -0.4 is 0 Å². The molecular weight excluding hydrogens is 407 g/mol. The maximum atomic E-state index is 13.3. The molecule has 6 nitrogen and oxygen atoms in total. The third-order valence-electron chi connectivity index (χ3n) is 4.85. The number of aryl methyl sites for hydroxylation is 1. The average Bonchev–Trinajstić information content (AvgIpc) is 3.07. The zero-order chi connectivity index (χ0) is 20.8. The predicted molar refractivity (Wildman–Crippen MR) is 98.3 cm³/mol. The topological polar surface area (TPSA) is 63.9 Å². The van der Waals surface area contributed by atoms with Crippen LogP contribution in [0.15, 0.2) is 42.6 Å². The molecule has 1 atom stereocenters. The first-order valence-electron chi connectivity index (χ1n) is 8.76. The van der Waals surface area contributed by atoms with Crippen LogP contribution in [0, 0.1) is 6.92 Å². The summed E-state index contributed by atoms with van der Waals surface area (Å²) in [6, 6.07) is 7.87. The van der Waals surface area contributed by atoms with Crippen molar-refractivity contribution >= 4 is 17.5 Å². The van der Waals surface area contributed by atoms with Crippen LogP contribution in [0.4, 0.5) is 13.2 Å². The van der Waals surface area contributed by atoms with Crippen LogP contribution >= 0.6 is 11.6 Å². The highest BCUT2D eigenvalue weighted by molar-refractivity contribution is 6.34. The molecule has 150 valence electrons. The zero-order valence-electron chi connectivity index (χ0n) is 15.2. The van der Waals surface area contributed by atoms with Crippen molar-refractivity contribution in [3.63, 3.8) is 0 Å². The van der Waals surface area contributed by atoms with E-state index in [0.29, 0.717) is 23.9 Å². The number of benzene rings is 1. The van der Waals surface area contributed by atoms with Gasteiger partial charge in [0.25, 0.3) is 5.91 Å². The standard InChI is InChI=1S/C19H15ClF3N5O/c1-11-25-26-17-16(14-7-2-3-8-24-14)28(10-9-27(11)17)18(29)12-5-4-6-13(15(12)20)19(21,22)23/h2-8,16H,9-10H2,1H3. The smallest absolute Gasteiger partial charge is 0.321 e. The molecule has 29 heavy (non-hydrogen) atoms. The summed E-state index contributed by atoms with van der Waals surface area (Å²) in [5, 5.41) is 7.65. The number of amides is 1. The average molecular weight is 422 g/mol. The van der Waals surface area contributed by atoms with Gasteiger partial charge in [0.1, 0.15) is 11.9 Å². The highest BCUT2D eigenvalue weighted by Gasteiger charge is 2.39. The second kappa shape index (κ2) is 7.14. The molecule has 1 aliphatic rings. The van der Waals surface area contributed by atoms with Gasteiger partial charge < -0.3 is 9.47 Å². The molecule has 1 amide bonds. The molecule has 1 aromatic carbocycles. The zero-order valence-corrected chi connectivity index (χ0v) is 15.9. The molecule has 0 N–H and O–H groups in total. The summed E-state index contributed by atoms with van der Waals surface area (Å²) in [6.45, 7) is 2.46. The van der Waals surface area contributed by atoms with E-state index in [4.69, 9.17) is 11.6 Å². The number of carbonyl (C=O) groups excluding carboxylic acids is 1. The maximum absolute atomic E-state index is 13.3. The Morgan fingerprint density at radius 1 is 1.14 bits per heavy atom. The number of carbonyl (C=O) groups is 1. The van der Waals surface area contributed by atoms with Gasteiger partial charge in [-0.05, 0) is 31.2 Å². The first-order valence-corrected chi connectivity index (χ1v) is 9.14. The van der Waals surface area contributed by atoms with Crippen LogP contribution in [0.1, 0.15) is 39.3 Å². The lowest BCUT2D eigenvalue weighted by Crippen LogP contribution is -2.43. The molecule has 3 heterocycles. The number of hydrogen-bond acceptors (Lipinski definition) is 4. The van der Waals surface area contributed by atoms with E-state index in [2.05, 4.69) is 15.2 Å². The van der Waals surface area contributed by atoms with Crippen LogP contribution in [-0.4, -0.2) is 37.1 Å². The number of pyridine rings is 1. The van der Waals surface area contributed by atoms with E-state index < -0.39 is 28.7 Å². The van der Waals surface area contributed by atoms with E-state index in [1.165, 1.54) is 17.0 Å². The highest BCUT2D eigenvalue weighted by atomic mass is 35.5. The minimum atomic E-state index is -4.66. The Morgan fingerprint density at radius 3 is 2.62 bits per heavy atom. The Morgan fingerprint density at radius 2 is 1.93 bits per heavy atom. The van der Waals surface area contributed by atoms with Crippen LogP contribution in [0.3, 0.4) is 0 Å². The van der Waals surface area contributed by atoms with E-state index in [9.17, 15) is 18.0 Å². The van der Waals surface area contributed by atoms with Gasteiger partial charge in [-0.15, -0.1) is 10.2 Å².